The number of carbonyl (C=O) groups is 1. The number of carbonyl (C=O) groups excluding carboxylic acids is 1. The Morgan fingerprint density at radius 1 is 1.03 bits per heavy atom. The molecule has 0 unspecified atom stereocenters. The fourth-order valence-corrected chi connectivity index (χ4v) is 3.99. The van der Waals surface area contributed by atoms with Crippen LogP contribution in [0.2, 0.25) is 0 Å². The number of para-hydroxylation sites is 2. The van der Waals surface area contributed by atoms with Crippen LogP contribution in [0.4, 0.5) is 0 Å². The minimum atomic E-state index is -0.298. The number of benzene rings is 3. The molecule has 0 aliphatic carbocycles. The minimum absolute atomic E-state index is 0.0884. The second kappa shape index (κ2) is 10.7. The van der Waals surface area contributed by atoms with Crippen molar-refractivity contribution in [1.29, 1.82) is 0 Å². The van der Waals surface area contributed by atoms with Crippen molar-refractivity contribution in [3.05, 3.63) is 84.4 Å². The summed E-state index contributed by atoms with van der Waals surface area (Å²) in [5.41, 5.74) is 5.35. The Morgan fingerprint density at radius 2 is 1.74 bits per heavy atom. The third-order valence-electron chi connectivity index (χ3n) is 4.97. The van der Waals surface area contributed by atoms with Crippen LogP contribution in [0.3, 0.4) is 0 Å². The average Bonchev–Trinajstić information content (AvgIpc) is 3.31. The van der Waals surface area contributed by atoms with Crippen molar-refractivity contribution in [2.75, 3.05) is 12.9 Å². The number of methoxy groups -OCH3 is 1. The van der Waals surface area contributed by atoms with Crippen LogP contribution < -0.4 is 10.2 Å². The molecule has 0 spiro atoms. The molecule has 0 radical (unpaired) electrons. The van der Waals surface area contributed by atoms with Crippen molar-refractivity contribution in [2.45, 2.75) is 12.1 Å². The van der Waals surface area contributed by atoms with Crippen LogP contribution in [0.1, 0.15) is 12.5 Å². The number of ether oxygens (including phenoxy) is 1. The van der Waals surface area contributed by atoms with Gasteiger partial charge in [0.2, 0.25) is 0 Å². The number of nitrogens with zero attached hydrogens (tertiary/aromatic N) is 4. The summed E-state index contributed by atoms with van der Waals surface area (Å²) in [4.78, 5) is 12.5. The predicted octanol–water partition coefficient (Wildman–Crippen LogP) is 4.28. The first-order valence-corrected chi connectivity index (χ1v) is 11.4. The summed E-state index contributed by atoms with van der Waals surface area (Å²) >= 11 is 1.26. The van der Waals surface area contributed by atoms with E-state index in [1.54, 1.807) is 38.3 Å². The second-order valence-electron chi connectivity index (χ2n) is 7.24. The Hall–Kier alpha value is -4.11. The molecule has 0 fully saturated rings. The van der Waals surface area contributed by atoms with Gasteiger partial charge in [-0.25, -0.2) is 5.43 Å². The molecule has 0 saturated carbocycles. The Morgan fingerprint density at radius 3 is 2.44 bits per heavy atom. The zero-order valence-corrected chi connectivity index (χ0v) is 19.5. The summed E-state index contributed by atoms with van der Waals surface area (Å²) in [6, 6.07) is 24.1. The van der Waals surface area contributed by atoms with Crippen molar-refractivity contribution >= 4 is 23.4 Å². The lowest BCUT2D eigenvalue weighted by atomic mass is 10.1. The van der Waals surface area contributed by atoms with Gasteiger partial charge in [-0.2, -0.15) is 5.10 Å². The molecule has 2 N–H and O–H groups in total. The van der Waals surface area contributed by atoms with Gasteiger partial charge in [0.25, 0.3) is 5.91 Å². The normalized spacial score (nSPS) is 11.3. The number of aromatic hydroxyl groups is 1. The number of phenols is 1. The number of amides is 1. The van der Waals surface area contributed by atoms with Gasteiger partial charge in [-0.15, -0.1) is 10.2 Å². The molecular formula is C25H23N5O3S. The summed E-state index contributed by atoms with van der Waals surface area (Å²) in [5, 5.41) is 23.3. The highest BCUT2D eigenvalue weighted by molar-refractivity contribution is 7.99. The van der Waals surface area contributed by atoms with E-state index in [2.05, 4.69) is 20.7 Å². The van der Waals surface area contributed by atoms with E-state index in [-0.39, 0.29) is 17.4 Å². The highest BCUT2D eigenvalue weighted by Gasteiger charge is 2.17. The monoisotopic (exact) mass is 473 g/mol. The molecule has 34 heavy (non-hydrogen) atoms. The van der Waals surface area contributed by atoms with E-state index in [0.717, 1.165) is 17.0 Å². The van der Waals surface area contributed by atoms with E-state index in [4.69, 9.17) is 4.74 Å². The first-order valence-electron chi connectivity index (χ1n) is 10.5. The van der Waals surface area contributed by atoms with E-state index < -0.39 is 0 Å². The van der Waals surface area contributed by atoms with Crippen molar-refractivity contribution in [1.82, 2.24) is 20.2 Å². The number of hydrogen-bond acceptors (Lipinski definition) is 7. The van der Waals surface area contributed by atoms with Gasteiger partial charge >= 0.3 is 0 Å². The molecule has 3 aromatic carbocycles. The second-order valence-corrected chi connectivity index (χ2v) is 8.19. The standard InChI is InChI=1S/C25H23N5O3S/c1-17(21-10-6-7-11-22(21)31)26-27-23(32)16-34-25-29-28-24(18-12-14-20(33-2)15-13-18)30(25)19-8-4-3-5-9-19/h3-15,31H,16H2,1-2H3,(H,27,32)/b26-17-. The molecule has 9 heteroatoms. The number of aromatic nitrogens is 3. The van der Waals surface area contributed by atoms with Crippen LogP contribution in [0.15, 0.2) is 89.1 Å². The SMILES string of the molecule is COc1ccc(-c2nnc(SCC(=O)N/N=C(/C)c3ccccc3O)n2-c2ccccc2)cc1. The van der Waals surface area contributed by atoms with Gasteiger partial charge < -0.3 is 9.84 Å². The van der Waals surface area contributed by atoms with Gasteiger partial charge in [0.05, 0.1) is 18.6 Å². The van der Waals surface area contributed by atoms with Crippen LogP contribution in [0.25, 0.3) is 17.1 Å². The lowest BCUT2D eigenvalue weighted by molar-refractivity contribution is -0.118. The number of thioether (sulfide) groups is 1. The van der Waals surface area contributed by atoms with Gasteiger partial charge in [0.1, 0.15) is 11.5 Å². The zero-order chi connectivity index (χ0) is 23.9. The maximum absolute atomic E-state index is 12.5. The maximum Gasteiger partial charge on any atom is 0.250 e. The van der Waals surface area contributed by atoms with E-state index in [0.29, 0.717) is 22.3 Å². The number of hydrazone groups is 1. The predicted molar refractivity (Wildman–Crippen MR) is 133 cm³/mol. The molecule has 1 heterocycles. The summed E-state index contributed by atoms with van der Waals surface area (Å²) in [7, 11) is 1.62. The fraction of sp³-hybridized carbons (Fsp3) is 0.120. The summed E-state index contributed by atoms with van der Waals surface area (Å²) in [5.74, 6) is 1.30. The first-order chi connectivity index (χ1) is 16.6. The quantitative estimate of drug-likeness (QED) is 0.225. The lowest BCUT2D eigenvalue weighted by Crippen LogP contribution is -2.21. The molecule has 4 rings (SSSR count). The third-order valence-corrected chi connectivity index (χ3v) is 5.90. The highest BCUT2D eigenvalue weighted by Crippen LogP contribution is 2.29. The Kier molecular flexibility index (Phi) is 7.24. The molecule has 0 aliphatic rings. The fourth-order valence-electron chi connectivity index (χ4n) is 3.25. The van der Waals surface area contributed by atoms with Gasteiger partial charge in [-0.1, -0.05) is 42.1 Å². The van der Waals surface area contributed by atoms with Crippen LogP contribution >= 0.6 is 11.8 Å². The van der Waals surface area contributed by atoms with Crippen LogP contribution in [0.5, 0.6) is 11.5 Å². The molecule has 172 valence electrons. The maximum atomic E-state index is 12.5. The molecule has 0 aliphatic heterocycles. The molecular weight excluding hydrogens is 450 g/mol. The van der Waals surface area contributed by atoms with E-state index >= 15 is 0 Å². The van der Waals surface area contributed by atoms with Crippen LogP contribution in [-0.2, 0) is 4.79 Å². The smallest absolute Gasteiger partial charge is 0.250 e. The van der Waals surface area contributed by atoms with Gasteiger partial charge in [-0.3, -0.25) is 9.36 Å². The highest BCUT2D eigenvalue weighted by atomic mass is 32.2. The summed E-state index contributed by atoms with van der Waals surface area (Å²) < 4.78 is 7.16. The Balaban J connectivity index is 1.52. The van der Waals surface area contributed by atoms with Gasteiger partial charge in [-0.05, 0) is 55.5 Å². The van der Waals surface area contributed by atoms with Crippen LogP contribution in [-0.4, -0.2) is 44.4 Å². The van der Waals surface area contributed by atoms with Crippen molar-refractivity contribution in [3.63, 3.8) is 0 Å². The number of rotatable bonds is 8. The van der Waals surface area contributed by atoms with Crippen LogP contribution in [0, 0.1) is 0 Å². The van der Waals surface area contributed by atoms with Gasteiger partial charge in [0, 0.05) is 16.8 Å². The number of phenolic OH excluding ortho intramolecular Hbond substituents is 1. The van der Waals surface area contributed by atoms with Crippen molar-refractivity contribution < 1.29 is 14.6 Å². The molecule has 0 atom stereocenters. The largest absolute Gasteiger partial charge is 0.507 e. The molecule has 4 aromatic rings. The van der Waals surface area contributed by atoms with E-state index in [9.17, 15) is 9.90 Å². The van der Waals surface area contributed by atoms with Crippen molar-refractivity contribution in [2.24, 2.45) is 5.10 Å². The Bertz CT molecular complexity index is 1300. The Labute approximate surface area is 201 Å². The topological polar surface area (TPSA) is 102 Å². The van der Waals surface area contributed by atoms with Gasteiger partial charge in [0.15, 0.2) is 11.0 Å². The minimum Gasteiger partial charge on any atom is -0.507 e. The lowest BCUT2D eigenvalue weighted by Gasteiger charge is -2.10. The average molecular weight is 474 g/mol. The summed E-state index contributed by atoms with van der Waals surface area (Å²) in [6.07, 6.45) is 0. The number of hydrogen-bond donors (Lipinski definition) is 2. The van der Waals surface area contributed by atoms with Crippen molar-refractivity contribution in [3.8, 4) is 28.6 Å². The molecule has 0 bridgehead atoms. The molecule has 8 nitrogen and oxygen atoms in total. The molecule has 0 saturated heterocycles. The third kappa shape index (κ3) is 5.26. The first kappa shape index (κ1) is 23.1. The molecule has 1 aromatic heterocycles. The molecule has 1 amide bonds. The van der Waals surface area contributed by atoms with E-state index in [1.165, 1.54) is 11.8 Å². The summed E-state index contributed by atoms with van der Waals surface area (Å²) in [6.45, 7) is 1.72. The zero-order valence-electron chi connectivity index (χ0n) is 18.7. The number of nitrogens with one attached hydrogen (secondary N) is 1. The van der Waals surface area contributed by atoms with E-state index in [1.807, 2.05) is 59.2 Å².